The molecule has 0 aliphatic heterocycles. The number of nitrogens with one attached hydrogen (secondary N) is 2. The number of aryl methyl sites for hydroxylation is 1. The maximum absolute atomic E-state index is 5.69. The molecular weight excluding hydrogens is 174 g/mol. The lowest BCUT2D eigenvalue weighted by Gasteiger charge is -1.90. The summed E-state index contributed by atoms with van der Waals surface area (Å²) in [4.78, 5) is 6.42. The lowest BCUT2D eigenvalue weighted by Crippen LogP contribution is -1.80. The molecule has 3 aromatic rings. The maximum Gasteiger partial charge on any atom is 0.101 e. The van der Waals surface area contributed by atoms with Crippen molar-refractivity contribution >= 4 is 27.6 Å². The molecule has 0 aliphatic carbocycles. The molecule has 3 rings (SSSR count). The number of anilines is 1. The van der Waals surface area contributed by atoms with Crippen LogP contribution in [0.3, 0.4) is 0 Å². The van der Waals surface area contributed by atoms with Crippen LogP contribution in [0.5, 0.6) is 0 Å². The summed E-state index contributed by atoms with van der Waals surface area (Å²) < 4.78 is 0. The van der Waals surface area contributed by atoms with Crippen molar-refractivity contribution in [1.29, 1.82) is 0 Å². The first-order valence-electron chi connectivity index (χ1n) is 4.60. The molecule has 0 unspecified atom stereocenters. The van der Waals surface area contributed by atoms with Crippen molar-refractivity contribution in [3.8, 4) is 0 Å². The van der Waals surface area contributed by atoms with Gasteiger partial charge in [-0.1, -0.05) is 0 Å². The van der Waals surface area contributed by atoms with E-state index < -0.39 is 0 Å². The molecule has 0 atom stereocenters. The molecule has 3 nitrogen and oxygen atoms in total. The van der Waals surface area contributed by atoms with E-state index in [2.05, 4.69) is 35.1 Å². The van der Waals surface area contributed by atoms with Gasteiger partial charge in [0.15, 0.2) is 0 Å². The molecule has 3 heteroatoms. The van der Waals surface area contributed by atoms with E-state index in [9.17, 15) is 0 Å². The van der Waals surface area contributed by atoms with Crippen LogP contribution in [0.15, 0.2) is 24.3 Å². The van der Waals surface area contributed by atoms with Gasteiger partial charge in [-0.05, 0) is 31.2 Å². The predicted octanol–water partition coefficient (Wildman–Crippen LogP) is 2.54. The Labute approximate surface area is 80.9 Å². The second-order valence-electron chi connectivity index (χ2n) is 3.70. The summed E-state index contributed by atoms with van der Waals surface area (Å²) in [6, 6.07) is 8.32. The highest BCUT2D eigenvalue weighted by molar-refractivity contribution is 5.97. The average molecular weight is 185 g/mol. The van der Waals surface area contributed by atoms with Gasteiger partial charge in [0, 0.05) is 27.5 Å². The second-order valence-corrected chi connectivity index (χ2v) is 3.70. The van der Waals surface area contributed by atoms with Crippen LogP contribution in [0, 0.1) is 6.92 Å². The third-order valence-electron chi connectivity index (χ3n) is 2.52. The van der Waals surface area contributed by atoms with E-state index in [0.29, 0.717) is 5.82 Å². The first kappa shape index (κ1) is 7.50. The quantitative estimate of drug-likeness (QED) is 0.495. The third-order valence-corrected chi connectivity index (χ3v) is 2.52. The van der Waals surface area contributed by atoms with E-state index >= 15 is 0 Å². The number of aromatic nitrogens is 2. The maximum atomic E-state index is 5.69. The standard InChI is InChI=1S/C11H11N3/c1-6-2-7-3-8-4-11(12)14-10(8)5-9(7)13-6/h2-5,13-14H,12H2,1H3. The lowest BCUT2D eigenvalue weighted by atomic mass is 10.2. The summed E-state index contributed by atoms with van der Waals surface area (Å²) >= 11 is 0. The zero-order valence-corrected chi connectivity index (χ0v) is 7.89. The molecule has 0 saturated heterocycles. The predicted molar refractivity (Wildman–Crippen MR) is 59.3 cm³/mol. The van der Waals surface area contributed by atoms with Crippen molar-refractivity contribution in [3.63, 3.8) is 0 Å². The van der Waals surface area contributed by atoms with Gasteiger partial charge in [0.25, 0.3) is 0 Å². The van der Waals surface area contributed by atoms with Crippen molar-refractivity contribution in [1.82, 2.24) is 9.97 Å². The number of hydrogen-bond acceptors (Lipinski definition) is 1. The van der Waals surface area contributed by atoms with Gasteiger partial charge >= 0.3 is 0 Å². The first-order valence-corrected chi connectivity index (χ1v) is 4.60. The molecule has 0 fully saturated rings. The molecule has 0 amide bonds. The van der Waals surface area contributed by atoms with Crippen LogP contribution < -0.4 is 5.73 Å². The molecule has 1 aromatic carbocycles. The lowest BCUT2D eigenvalue weighted by molar-refractivity contribution is 1.30. The molecule has 70 valence electrons. The fourth-order valence-electron chi connectivity index (χ4n) is 1.93. The fraction of sp³-hybridized carbons (Fsp3) is 0.0909. The number of aromatic amines is 2. The average Bonchev–Trinajstić information content (AvgIpc) is 2.59. The van der Waals surface area contributed by atoms with Crippen molar-refractivity contribution in [2.75, 3.05) is 5.73 Å². The Bertz CT molecular complexity index is 513. The topological polar surface area (TPSA) is 57.6 Å². The highest BCUT2D eigenvalue weighted by atomic mass is 14.8. The SMILES string of the molecule is Cc1cc2cc3cc(N)[nH]c3cc2[nH]1. The van der Waals surface area contributed by atoms with Crippen LogP contribution in [-0.2, 0) is 0 Å². The zero-order valence-electron chi connectivity index (χ0n) is 7.89. The summed E-state index contributed by atoms with van der Waals surface area (Å²) in [7, 11) is 0. The summed E-state index contributed by atoms with van der Waals surface area (Å²) in [6.45, 7) is 2.06. The summed E-state index contributed by atoms with van der Waals surface area (Å²) in [5.74, 6) is 0.712. The molecule has 4 N–H and O–H groups in total. The Balaban J connectivity index is 2.49. The van der Waals surface area contributed by atoms with Crippen molar-refractivity contribution in [2.45, 2.75) is 6.92 Å². The van der Waals surface area contributed by atoms with Crippen molar-refractivity contribution in [2.24, 2.45) is 0 Å². The smallest absolute Gasteiger partial charge is 0.101 e. The van der Waals surface area contributed by atoms with E-state index in [-0.39, 0.29) is 0 Å². The summed E-state index contributed by atoms with van der Waals surface area (Å²) in [5, 5.41) is 2.39. The van der Waals surface area contributed by atoms with Gasteiger partial charge in [-0.2, -0.15) is 0 Å². The molecule has 2 heterocycles. The Hall–Kier alpha value is -1.90. The van der Waals surface area contributed by atoms with E-state index in [1.807, 2.05) is 6.07 Å². The number of nitrogens with two attached hydrogens (primary N) is 1. The number of nitrogen functional groups attached to an aromatic ring is 1. The van der Waals surface area contributed by atoms with Gasteiger partial charge in [0.05, 0.1) is 0 Å². The van der Waals surface area contributed by atoms with Gasteiger partial charge < -0.3 is 15.7 Å². The van der Waals surface area contributed by atoms with Crippen LogP contribution in [0.1, 0.15) is 5.69 Å². The highest BCUT2D eigenvalue weighted by Crippen LogP contribution is 2.24. The van der Waals surface area contributed by atoms with Crippen LogP contribution in [0.4, 0.5) is 5.82 Å². The third kappa shape index (κ3) is 0.923. The van der Waals surface area contributed by atoms with Crippen molar-refractivity contribution < 1.29 is 0 Å². The number of benzene rings is 1. The van der Waals surface area contributed by atoms with E-state index in [0.717, 1.165) is 16.4 Å². The van der Waals surface area contributed by atoms with Crippen LogP contribution in [0.2, 0.25) is 0 Å². The largest absolute Gasteiger partial charge is 0.385 e. The number of fused-ring (bicyclic) bond motifs is 2. The van der Waals surface area contributed by atoms with Gasteiger partial charge in [0.1, 0.15) is 5.82 Å². The molecule has 0 aliphatic rings. The Morgan fingerprint density at radius 3 is 2.50 bits per heavy atom. The number of rotatable bonds is 0. The Morgan fingerprint density at radius 2 is 1.64 bits per heavy atom. The second kappa shape index (κ2) is 2.32. The Morgan fingerprint density at radius 1 is 0.929 bits per heavy atom. The van der Waals surface area contributed by atoms with E-state index in [1.165, 1.54) is 11.1 Å². The zero-order chi connectivity index (χ0) is 9.71. The number of hydrogen-bond donors (Lipinski definition) is 3. The number of H-pyrrole nitrogens is 2. The first-order chi connectivity index (χ1) is 6.72. The van der Waals surface area contributed by atoms with Gasteiger partial charge in [-0.3, -0.25) is 0 Å². The van der Waals surface area contributed by atoms with E-state index in [1.54, 1.807) is 0 Å². The minimum absolute atomic E-state index is 0.712. The van der Waals surface area contributed by atoms with Crippen LogP contribution in [-0.4, -0.2) is 9.97 Å². The normalized spacial score (nSPS) is 11.5. The molecule has 14 heavy (non-hydrogen) atoms. The van der Waals surface area contributed by atoms with Gasteiger partial charge in [0.2, 0.25) is 0 Å². The van der Waals surface area contributed by atoms with Crippen molar-refractivity contribution in [3.05, 3.63) is 30.0 Å². The molecule has 0 radical (unpaired) electrons. The molecule has 0 saturated carbocycles. The molecule has 0 bridgehead atoms. The highest BCUT2D eigenvalue weighted by Gasteiger charge is 2.02. The summed E-state index contributed by atoms with van der Waals surface area (Å²) in [6.07, 6.45) is 0. The Kier molecular flexibility index (Phi) is 1.24. The molecule has 0 spiro atoms. The monoisotopic (exact) mass is 185 g/mol. The van der Waals surface area contributed by atoms with Gasteiger partial charge in [-0.25, -0.2) is 0 Å². The van der Waals surface area contributed by atoms with E-state index in [4.69, 9.17) is 5.73 Å². The van der Waals surface area contributed by atoms with Gasteiger partial charge in [-0.15, -0.1) is 0 Å². The summed E-state index contributed by atoms with van der Waals surface area (Å²) in [5.41, 5.74) is 9.10. The minimum atomic E-state index is 0.712. The molecule has 2 aromatic heterocycles. The fourth-order valence-corrected chi connectivity index (χ4v) is 1.93. The minimum Gasteiger partial charge on any atom is -0.385 e. The molecular formula is C11H11N3. The van der Waals surface area contributed by atoms with Crippen LogP contribution >= 0.6 is 0 Å². The van der Waals surface area contributed by atoms with Crippen LogP contribution in [0.25, 0.3) is 21.8 Å².